The van der Waals surface area contributed by atoms with Gasteiger partial charge in [0.05, 0.1) is 0 Å². The van der Waals surface area contributed by atoms with Crippen molar-refractivity contribution in [1.82, 2.24) is 14.8 Å². The molecule has 144 valence electrons. The number of rotatable bonds is 4. The molecule has 1 atom stereocenters. The number of ether oxygens (including phenoxy) is 1. The molecule has 2 aliphatic heterocycles. The van der Waals surface area contributed by atoms with Gasteiger partial charge in [-0.15, -0.1) is 0 Å². The van der Waals surface area contributed by atoms with E-state index in [0.29, 0.717) is 32.2 Å². The minimum atomic E-state index is -0.572. The maximum atomic E-state index is 12.7. The molecule has 1 unspecified atom stereocenters. The Morgan fingerprint density at radius 1 is 1.15 bits per heavy atom. The lowest BCUT2D eigenvalue weighted by Gasteiger charge is -2.33. The summed E-state index contributed by atoms with van der Waals surface area (Å²) < 4.78 is 5.90. The Kier molecular flexibility index (Phi) is 4.72. The van der Waals surface area contributed by atoms with Gasteiger partial charge in [0.15, 0.2) is 0 Å². The van der Waals surface area contributed by atoms with E-state index in [2.05, 4.69) is 4.98 Å². The van der Waals surface area contributed by atoms with Gasteiger partial charge >= 0.3 is 6.03 Å². The largest absolute Gasteiger partial charge is 0.474 e. The lowest BCUT2D eigenvalue weighted by Crippen LogP contribution is -2.44. The molecule has 3 heterocycles. The van der Waals surface area contributed by atoms with Gasteiger partial charge in [0.2, 0.25) is 5.88 Å². The first-order valence-electron chi connectivity index (χ1n) is 9.61. The first-order chi connectivity index (χ1) is 13.1. The Balaban J connectivity index is 1.39. The van der Waals surface area contributed by atoms with Crippen molar-refractivity contribution in [2.75, 3.05) is 6.54 Å². The van der Waals surface area contributed by atoms with Crippen molar-refractivity contribution in [1.29, 1.82) is 0 Å². The van der Waals surface area contributed by atoms with Gasteiger partial charge in [-0.3, -0.25) is 14.5 Å². The standard InChI is InChI=1S/C19H24N4O4/c20-16(24)14-4-3-10-21-17(14)27-13-8-6-12(7-9-13)23-18(25)15-5-1-2-11-22(15)19(23)26/h3-4,10,12-13,15H,1-2,5-9,11H2,(H2,20,24). The number of aromatic nitrogens is 1. The van der Waals surface area contributed by atoms with E-state index in [0.717, 1.165) is 19.3 Å². The minimum absolute atomic E-state index is 0.0372. The fraction of sp³-hybridized carbons (Fsp3) is 0.579. The van der Waals surface area contributed by atoms with Gasteiger partial charge < -0.3 is 15.4 Å². The number of hydrogen-bond acceptors (Lipinski definition) is 5. The highest BCUT2D eigenvalue weighted by Crippen LogP contribution is 2.33. The second-order valence-corrected chi connectivity index (χ2v) is 7.46. The molecule has 0 aromatic carbocycles. The number of pyridine rings is 1. The van der Waals surface area contributed by atoms with Gasteiger partial charge in [-0.25, -0.2) is 9.78 Å². The SMILES string of the molecule is NC(=O)c1cccnc1OC1CCC(N2C(=O)C3CCCCN3C2=O)CC1. The number of amides is 4. The van der Waals surface area contributed by atoms with Crippen molar-refractivity contribution in [2.45, 2.75) is 63.1 Å². The van der Waals surface area contributed by atoms with Crippen molar-refractivity contribution < 1.29 is 19.1 Å². The van der Waals surface area contributed by atoms with Crippen molar-refractivity contribution in [3.8, 4) is 5.88 Å². The molecule has 8 heteroatoms. The van der Waals surface area contributed by atoms with Crippen LogP contribution in [-0.4, -0.2) is 57.4 Å². The third kappa shape index (κ3) is 3.24. The van der Waals surface area contributed by atoms with E-state index in [1.165, 1.54) is 4.90 Å². The molecule has 8 nitrogen and oxygen atoms in total. The van der Waals surface area contributed by atoms with Gasteiger partial charge in [-0.05, 0) is 57.1 Å². The number of piperidine rings is 1. The molecule has 1 aliphatic carbocycles. The number of nitrogens with zero attached hydrogens (tertiary/aromatic N) is 3. The summed E-state index contributed by atoms with van der Waals surface area (Å²) >= 11 is 0. The van der Waals surface area contributed by atoms with E-state index < -0.39 is 5.91 Å². The lowest BCUT2D eigenvalue weighted by atomic mass is 9.91. The summed E-state index contributed by atoms with van der Waals surface area (Å²) in [5.74, 6) is -0.361. The smallest absolute Gasteiger partial charge is 0.327 e. The normalized spacial score (nSPS) is 28.2. The van der Waals surface area contributed by atoms with E-state index in [4.69, 9.17) is 10.5 Å². The van der Waals surface area contributed by atoms with Crippen LogP contribution in [-0.2, 0) is 4.79 Å². The second kappa shape index (κ2) is 7.17. The van der Waals surface area contributed by atoms with Gasteiger partial charge in [0, 0.05) is 18.8 Å². The molecule has 2 N–H and O–H groups in total. The van der Waals surface area contributed by atoms with Crippen molar-refractivity contribution in [3.63, 3.8) is 0 Å². The number of primary amides is 1. The Labute approximate surface area is 157 Å². The number of hydrogen-bond donors (Lipinski definition) is 1. The molecule has 4 amide bonds. The lowest BCUT2D eigenvalue weighted by molar-refractivity contribution is -0.131. The van der Waals surface area contributed by atoms with Crippen LogP contribution in [0.3, 0.4) is 0 Å². The zero-order valence-electron chi connectivity index (χ0n) is 15.2. The summed E-state index contributed by atoms with van der Waals surface area (Å²) in [5, 5.41) is 0. The fourth-order valence-corrected chi connectivity index (χ4v) is 4.40. The molecular weight excluding hydrogens is 348 g/mol. The Hall–Kier alpha value is -2.64. The number of carbonyl (C=O) groups excluding carboxylic acids is 3. The molecule has 3 fully saturated rings. The van der Waals surface area contributed by atoms with Crippen LogP contribution in [0.4, 0.5) is 4.79 Å². The highest BCUT2D eigenvalue weighted by Gasteiger charge is 2.49. The van der Waals surface area contributed by atoms with Gasteiger partial charge in [-0.1, -0.05) is 0 Å². The van der Waals surface area contributed by atoms with E-state index in [-0.39, 0.29) is 41.6 Å². The second-order valence-electron chi connectivity index (χ2n) is 7.46. The molecule has 27 heavy (non-hydrogen) atoms. The summed E-state index contributed by atoms with van der Waals surface area (Å²) in [6, 6.07) is 2.77. The number of imide groups is 1. The molecule has 0 bridgehead atoms. The number of urea groups is 1. The Bertz CT molecular complexity index is 736. The molecule has 0 spiro atoms. The van der Waals surface area contributed by atoms with Crippen LogP contribution in [0.15, 0.2) is 18.3 Å². The van der Waals surface area contributed by atoms with Crippen molar-refractivity contribution in [3.05, 3.63) is 23.9 Å². The first kappa shape index (κ1) is 17.8. The average Bonchev–Trinajstić information content (AvgIpc) is 2.94. The number of carbonyl (C=O) groups is 3. The monoisotopic (exact) mass is 372 g/mol. The van der Waals surface area contributed by atoms with Crippen LogP contribution in [0, 0.1) is 0 Å². The molecule has 0 radical (unpaired) electrons. The summed E-state index contributed by atoms with van der Waals surface area (Å²) in [4.78, 5) is 44.2. The predicted octanol–water partition coefficient (Wildman–Crippen LogP) is 1.69. The van der Waals surface area contributed by atoms with Gasteiger partial charge in [-0.2, -0.15) is 0 Å². The van der Waals surface area contributed by atoms with Crippen LogP contribution < -0.4 is 10.5 Å². The zero-order valence-corrected chi connectivity index (χ0v) is 15.2. The summed E-state index contributed by atoms with van der Waals surface area (Å²) in [5.41, 5.74) is 5.63. The highest BCUT2D eigenvalue weighted by atomic mass is 16.5. The molecule has 1 aromatic rings. The third-order valence-corrected chi connectivity index (χ3v) is 5.80. The van der Waals surface area contributed by atoms with Crippen molar-refractivity contribution in [2.24, 2.45) is 5.73 Å². The van der Waals surface area contributed by atoms with Crippen LogP contribution >= 0.6 is 0 Å². The Morgan fingerprint density at radius 2 is 1.93 bits per heavy atom. The fourth-order valence-electron chi connectivity index (χ4n) is 4.40. The highest BCUT2D eigenvalue weighted by molar-refractivity contribution is 6.04. The number of fused-ring (bicyclic) bond motifs is 1. The molecule has 3 aliphatic rings. The van der Waals surface area contributed by atoms with E-state index >= 15 is 0 Å². The molecule has 1 saturated carbocycles. The van der Waals surface area contributed by atoms with Crippen LogP contribution in [0.5, 0.6) is 5.88 Å². The molecule has 4 rings (SSSR count). The summed E-state index contributed by atoms with van der Waals surface area (Å²) in [6.45, 7) is 0.680. The average molecular weight is 372 g/mol. The van der Waals surface area contributed by atoms with Crippen LogP contribution in [0.1, 0.15) is 55.3 Å². The first-order valence-corrected chi connectivity index (χ1v) is 9.61. The van der Waals surface area contributed by atoms with E-state index in [9.17, 15) is 14.4 Å². The van der Waals surface area contributed by atoms with Gasteiger partial charge in [0.25, 0.3) is 11.8 Å². The molecule has 2 saturated heterocycles. The zero-order chi connectivity index (χ0) is 19.0. The number of nitrogens with two attached hydrogens (primary N) is 1. The van der Waals surface area contributed by atoms with E-state index in [1.807, 2.05) is 0 Å². The van der Waals surface area contributed by atoms with Crippen LogP contribution in [0.2, 0.25) is 0 Å². The van der Waals surface area contributed by atoms with E-state index in [1.54, 1.807) is 23.2 Å². The predicted molar refractivity (Wildman–Crippen MR) is 96.0 cm³/mol. The summed E-state index contributed by atoms with van der Waals surface area (Å²) in [6.07, 6.45) is 6.98. The topological polar surface area (TPSA) is 106 Å². The molecule has 1 aromatic heterocycles. The maximum absolute atomic E-state index is 12.7. The molecular formula is C19H24N4O4. The summed E-state index contributed by atoms with van der Waals surface area (Å²) in [7, 11) is 0. The van der Waals surface area contributed by atoms with Crippen molar-refractivity contribution >= 4 is 17.8 Å². The maximum Gasteiger partial charge on any atom is 0.327 e. The minimum Gasteiger partial charge on any atom is -0.474 e. The quantitative estimate of drug-likeness (QED) is 0.810. The third-order valence-electron chi connectivity index (χ3n) is 5.80. The van der Waals surface area contributed by atoms with Crippen LogP contribution in [0.25, 0.3) is 0 Å². The van der Waals surface area contributed by atoms with Gasteiger partial charge in [0.1, 0.15) is 17.7 Å². The Morgan fingerprint density at radius 3 is 2.63 bits per heavy atom.